The number of unbranched alkanes of at least 4 members (excludes halogenated alkanes) is 4. The lowest BCUT2D eigenvalue weighted by Gasteiger charge is -2.05. The van der Waals surface area contributed by atoms with Crippen LogP contribution >= 0.6 is 0 Å². The highest BCUT2D eigenvalue weighted by molar-refractivity contribution is 4.66. The minimum absolute atomic E-state index is 0.0760. The van der Waals surface area contributed by atoms with E-state index in [-0.39, 0.29) is 6.10 Å². The van der Waals surface area contributed by atoms with Crippen molar-refractivity contribution in [3.05, 3.63) is 6.42 Å². The van der Waals surface area contributed by atoms with Gasteiger partial charge in [0.1, 0.15) is 0 Å². The molecule has 1 N–H and O–H groups in total. The fourth-order valence-electron chi connectivity index (χ4n) is 1.01. The van der Waals surface area contributed by atoms with Gasteiger partial charge in [-0.2, -0.15) is 0 Å². The van der Waals surface area contributed by atoms with Crippen LogP contribution in [-0.2, 0) is 0 Å². The standard InChI is InChI=1S/C10H21O/c1-3-5-6-7-8-9-10(11)4-2/h7,10-11H,3-6,8-9H2,1-2H3. The molecule has 0 heterocycles. The topological polar surface area (TPSA) is 20.2 Å². The summed E-state index contributed by atoms with van der Waals surface area (Å²) in [6.07, 6.45) is 8.91. The second-order valence-corrected chi connectivity index (χ2v) is 3.07. The molecular formula is C10H21O. The van der Waals surface area contributed by atoms with Crippen molar-refractivity contribution in [2.45, 2.75) is 58.5 Å². The van der Waals surface area contributed by atoms with Gasteiger partial charge >= 0.3 is 0 Å². The Hall–Kier alpha value is -0.0400. The third-order valence-corrected chi connectivity index (χ3v) is 1.94. The fourth-order valence-corrected chi connectivity index (χ4v) is 1.01. The van der Waals surface area contributed by atoms with Crippen LogP contribution in [0.25, 0.3) is 0 Å². The van der Waals surface area contributed by atoms with Gasteiger partial charge in [-0.15, -0.1) is 0 Å². The predicted octanol–water partition coefficient (Wildman–Crippen LogP) is 2.93. The van der Waals surface area contributed by atoms with Gasteiger partial charge in [0.25, 0.3) is 0 Å². The number of rotatable bonds is 7. The molecule has 0 saturated heterocycles. The average molecular weight is 157 g/mol. The van der Waals surface area contributed by atoms with E-state index in [1.807, 2.05) is 6.92 Å². The van der Waals surface area contributed by atoms with Crippen molar-refractivity contribution in [2.24, 2.45) is 0 Å². The molecule has 0 aliphatic heterocycles. The van der Waals surface area contributed by atoms with Gasteiger partial charge in [-0.25, -0.2) is 0 Å². The molecule has 0 aromatic heterocycles. The zero-order valence-corrected chi connectivity index (χ0v) is 7.84. The monoisotopic (exact) mass is 157 g/mol. The van der Waals surface area contributed by atoms with E-state index < -0.39 is 0 Å². The van der Waals surface area contributed by atoms with Crippen molar-refractivity contribution >= 4 is 0 Å². The van der Waals surface area contributed by atoms with Crippen LogP contribution in [0.15, 0.2) is 0 Å². The van der Waals surface area contributed by atoms with Gasteiger partial charge in [0.05, 0.1) is 6.10 Å². The van der Waals surface area contributed by atoms with Crippen molar-refractivity contribution in [3.8, 4) is 0 Å². The molecule has 0 rings (SSSR count). The van der Waals surface area contributed by atoms with Crippen molar-refractivity contribution in [3.63, 3.8) is 0 Å². The highest BCUT2D eigenvalue weighted by atomic mass is 16.3. The molecule has 67 valence electrons. The quantitative estimate of drug-likeness (QED) is 0.563. The second kappa shape index (κ2) is 8.06. The van der Waals surface area contributed by atoms with Crippen molar-refractivity contribution in [1.29, 1.82) is 0 Å². The van der Waals surface area contributed by atoms with Gasteiger partial charge < -0.3 is 5.11 Å². The van der Waals surface area contributed by atoms with Gasteiger partial charge in [-0.3, -0.25) is 0 Å². The Balaban J connectivity index is 2.89. The maximum atomic E-state index is 9.19. The normalized spacial score (nSPS) is 13.4. The van der Waals surface area contributed by atoms with E-state index in [2.05, 4.69) is 13.3 Å². The Morgan fingerprint density at radius 1 is 1.27 bits per heavy atom. The summed E-state index contributed by atoms with van der Waals surface area (Å²) in [7, 11) is 0. The molecule has 0 aromatic carbocycles. The molecule has 1 unspecified atom stereocenters. The second-order valence-electron chi connectivity index (χ2n) is 3.07. The summed E-state index contributed by atoms with van der Waals surface area (Å²) >= 11 is 0. The molecule has 1 atom stereocenters. The smallest absolute Gasteiger partial charge is 0.0537 e. The zero-order chi connectivity index (χ0) is 8.53. The number of aliphatic hydroxyl groups is 1. The Labute approximate surface area is 70.8 Å². The first-order valence-electron chi connectivity index (χ1n) is 4.81. The third kappa shape index (κ3) is 7.86. The highest BCUT2D eigenvalue weighted by Gasteiger charge is 1.98. The van der Waals surface area contributed by atoms with Crippen LogP contribution in [0.5, 0.6) is 0 Å². The summed E-state index contributed by atoms with van der Waals surface area (Å²) in [6.45, 7) is 4.23. The molecule has 11 heavy (non-hydrogen) atoms. The first-order chi connectivity index (χ1) is 5.31. The van der Waals surface area contributed by atoms with E-state index >= 15 is 0 Å². The van der Waals surface area contributed by atoms with E-state index in [9.17, 15) is 5.11 Å². The zero-order valence-electron chi connectivity index (χ0n) is 7.84. The third-order valence-electron chi connectivity index (χ3n) is 1.94. The van der Waals surface area contributed by atoms with Gasteiger partial charge in [0, 0.05) is 0 Å². The summed E-state index contributed by atoms with van der Waals surface area (Å²) in [5.41, 5.74) is 0. The lowest BCUT2D eigenvalue weighted by Crippen LogP contribution is -2.03. The molecule has 0 bridgehead atoms. The fraction of sp³-hybridized carbons (Fsp3) is 0.900. The molecule has 1 nitrogen and oxygen atoms in total. The maximum Gasteiger partial charge on any atom is 0.0537 e. The number of hydrogen-bond acceptors (Lipinski definition) is 1. The van der Waals surface area contributed by atoms with Crippen LogP contribution in [0.1, 0.15) is 52.4 Å². The Morgan fingerprint density at radius 3 is 2.55 bits per heavy atom. The van der Waals surface area contributed by atoms with Gasteiger partial charge in [-0.1, -0.05) is 33.1 Å². The van der Waals surface area contributed by atoms with Crippen LogP contribution in [0.3, 0.4) is 0 Å². The Kier molecular flexibility index (Phi) is 8.03. The van der Waals surface area contributed by atoms with E-state index in [0.29, 0.717) is 0 Å². The summed E-state index contributed by atoms with van der Waals surface area (Å²) < 4.78 is 0. The highest BCUT2D eigenvalue weighted by Crippen LogP contribution is 2.07. The molecule has 0 saturated carbocycles. The van der Waals surface area contributed by atoms with Crippen LogP contribution in [-0.4, -0.2) is 11.2 Å². The number of aliphatic hydroxyl groups excluding tert-OH is 1. The van der Waals surface area contributed by atoms with Gasteiger partial charge in [0.2, 0.25) is 0 Å². The van der Waals surface area contributed by atoms with Crippen LogP contribution in [0, 0.1) is 6.42 Å². The van der Waals surface area contributed by atoms with Crippen molar-refractivity contribution in [1.82, 2.24) is 0 Å². The van der Waals surface area contributed by atoms with Gasteiger partial charge in [-0.05, 0) is 25.7 Å². The first kappa shape index (κ1) is 11.0. The van der Waals surface area contributed by atoms with E-state index in [0.717, 1.165) is 19.3 Å². The SMILES string of the molecule is CCCC[CH]CCC(O)CC. The Bertz CT molecular complexity index is 71.3. The largest absolute Gasteiger partial charge is 0.393 e. The van der Waals surface area contributed by atoms with Crippen LogP contribution in [0.2, 0.25) is 0 Å². The molecule has 1 radical (unpaired) electrons. The lowest BCUT2D eigenvalue weighted by atomic mass is 10.1. The van der Waals surface area contributed by atoms with Crippen LogP contribution < -0.4 is 0 Å². The molecular weight excluding hydrogens is 136 g/mol. The molecule has 0 spiro atoms. The molecule has 1 heteroatoms. The summed E-state index contributed by atoms with van der Waals surface area (Å²) in [4.78, 5) is 0. The molecule has 0 aliphatic carbocycles. The average Bonchev–Trinajstić information content (AvgIpc) is 2.04. The lowest BCUT2D eigenvalue weighted by molar-refractivity contribution is 0.160. The van der Waals surface area contributed by atoms with E-state index in [4.69, 9.17) is 0 Å². The van der Waals surface area contributed by atoms with Crippen molar-refractivity contribution < 1.29 is 5.11 Å². The molecule has 0 aliphatic rings. The summed E-state index contributed by atoms with van der Waals surface area (Å²) in [6, 6.07) is 0. The summed E-state index contributed by atoms with van der Waals surface area (Å²) in [5.74, 6) is 0. The van der Waals surface area contributed by atoms with E-state index in [1.165, 1.54) is 19.3 Å². The predicted molar refractivity (Wildman–Crippen MR) is 49.4 cm³/mol. The Morgan fingerprint density at radius 2 is 2.00 bits per heavy atom. The molecule has 0 fully saturated rings. The first-order valence-corrected chi connectivity index (χ1v) is 4.81. The minimum Gasteiger partial charge on any atom is -0.393 e. The van der Waals surface area contributed by atoms with Crippen molar-refractivity contribution in [2.75, 3.05) is 0 Å². The summed E-state index contributed by atoms with van der Waals surface area (Å²) in [5, 5.41) is 9.19. The number of hydrogen-bond donors (Lipinski definition) is 1. The molecule has 0 aromatic rings. The maximum absolute atomic E-state index is 9.19. The van der Waals surface area contributed by atoms with Gasteiger partial charge in [0.15, 0.2) is 0 Å². The van der Waals surface area contributed by atoms with E-state index in [1.54, 1.807) is 0 Å². The molecule has 0 amide bonds. The minimum atomic E-state index is -0.0760. The van der Waals surface area contributed by atoms with Crippen LogP contribution in [0.4, 0.5) is 0 Å².